The first kappa shape index (κ1) is 8.93. The van der Waals surface area contributed by atoms with Crippen molar-refractivity contribution >= 4 is 16.7 Å². The van der Waals surface area contributed by atoms with Gasteiger partial charge in [0, 0.05) is 11.4 Å². The van der Waals surface area contributed by atoms with Crippen LogP contribution in [0.2, 0.25) is 0 Å². The van der Waals surface area contributed by atoms with Crippen molar-refractivity contribution in [3.05, 3.63) is 11.9 Å². The van der Waals surface area contributed by atoms with Gasteiger partial charge in [-0.05, 0) is 20.8 Å². The van der Waals surface area contributed by atoms with Gasteiger partial charge in [-0.1, -0.05) is 0 Å². The van der Waals surface area contributed by atoms with Crippen LogP contribution in [0.4, 0.5) is 5.82 Å². The molecule has 5 nitrogen and oxygen atoms in total. The third-order valence-corrected chi connectivity index (χ3v) is 2.22. The number of rotatable bonds is 1. The van der Waals surface area contributed by atoms with Gasteiger partial charge in [-0.3, -0.25) is 4.68 Å². The standard InChI is InChI=1S/C9H13N5/c1-5(2)14-8-7(6(3)13-14)4-11-12-9(8)10/h4-5H,1-3H3,(H2,10,12). The van der Waals surface area contributed by atoms with Gasteiger partial charge in [-0.15, -0.1) is 5.10 Å². The molecule has 0 aromatic carbocycles. The van der Waals surface area contributed by atoms with Gasteiger partial charge in [0.05, 0.1) is 11.9 Å². The predicted octanol–water partition coefficient (Wildman–Crippen LogP) is 1.30. The molecule has 0 unspecified atom stereocenters. The summed E-state index contributed by atoms with van der Waals surface area (Å²) in [5.41, 5.74) is 7.60. The molecule has 2 aromatic heterocycles. The van der Waals surface area contributed by atoms with Crippen LogP contribution < -0.4 is 5.73 Å². The molecule has 0 saturated carbocycles. The van der Waals surface area contributed by atoms with E-state index in [9.17, 15) is 0 Å². The summed E-state index contributed by atoms with van der Waals surface area (Å²) in [4.78, 5) is 0. The van der Waals surface area contributed by atoms with Crippen molar-refractivity contribution in [2.75, 3.05) is 5.73 Å². The Morgan fingerprint density at radius 2 is 2.14 bits per heavy atom. The Bertz CT molecular complexity index is 471. The maximum Gasteiger partial charge on any atom is 0.172 e. The summed E-state index contributed by atoms with van der Waals surface area (Å²) in [7, 11) is 0. The summed E-state index contributed by atoms with van der Waals surface area (Å²) in [6, 6.07) is 0.276. The minimum absolute atomic E-state index is 0.276. The first-order valence-corrected chi connectivity index (χ1v) is 4.57. The number of aryl methyl sites for hydroxylation is 1. The second kappa shape index (κ2) is 2.94. The smallest absolute Gasteiger partial charge is 0.172 e. The van der Waals surface area contributed by atoms with Crippen LogP contribution in [0.15, 0.2) is 6.20 Å². The van der Waals surface area contributed by atoms with Crippen molar-refractivity contribution in [1.82, 2.24) is 20.0 Å². The first-order valence-electron chi connectivity index (χ1n) is 4.57. The number of aromatic nitrogens is 4. The third kappa shape index (κ3) is 1.13. The Kier molecular flexibility index (Phi) is 1.87. The van der Waals surface area contributed by atoms with Crippen LogP contribution >= 0.6 is 0 Å². The van der Waals surface area contributed by atoms with E-state index >= 15 is 0 Å². The zero-order valence-electron chi connectivity index (χ0n) is 8.52. The minimum Gasteiger partial charge on any atom is -0.380 e. The number of anilines is 1. The van der Waals surface area contributed by atoms with Gasteiger partial charge >= 0.3 is 0 Å². The Hall–Kier alpha value is -1.65. The van der Waals surface area contributed by atoms with E-state index in [0.29, 0.717) is 5.82 Å². The molecular formula is C9H13N5. The molecule has 0 atom stereocenters. The van der Waals surface area contributed by atoms with Crippen LogP contribution in [0, 0.1) is 6.92 Å². The minimum atomic E-state index is 0.276. The van der Waals surface area contributed by atoms with Gasteiger partial charge in [-0.2, -0.15) is 10.2 Å². The van der Waals surface area contributed by atoms with Crippen molar-refractivity contribution in [2.45, 2.75) is 26.8 Å². The molecule has 0 saturated heterocycles. The molecule has 0 aliphatic carbocycles. The Balaban J connectivity index is 2.86. The van der Waals surface area contributed by atoms with Crippen LogP contribution in [-0.4, -0.2) is 20.0 Å². The monoisotopic (exact) mass is 191 g/mol. The second-order valence-electron chi connectivity index (χ2n) is 3.62. The van der Waals surface area contributed by atoms with E-state index in [1.165, 1.54) is 0 Å². The quantitative estimate of drug-likeness (QED) is 0.737. The number of fused-ring (bicyclic) bond motifs is 1. The van der Waals surface area contributed by atoms with Gasteiger partial charge in [-0.25, -0.2) is 0 Å². The molecule has 0 aliphatic heterocycles. The summed E-state index contributed by atoms with van der Waals surface area (Å²) in [5, 5.41) is 13.0. The highest BCUT2D eigenvalue weighted by atomic mass is 15.3. The molecule has 2 rings (SSSR count). The number of nitrogens with two attached hydrogens (primary N) is 1. The molecule has 0 bridgehead atoms. The van der Waals surface area contributed by atoms with E-state index in [2.05, 4.69) is 29.1 Å². The molecule has 14 heavy (non-hydrogen) atoms. The van der Waals surface area contributed by atoms with Crippen LogP contribution in [-0.2, 0) is 0 Å². The molecule has 5 heteroatoms. The molecular weight excluding hydrogens is 178 g/mol. The number of nitrogen functional groups attached to an aromatic ring is 1. The molecule has 2 N–H and O–H groups in total. The summed E-state index contributed by atoms with van der Waals surface area (Å²) in [5.74, 6) is 0.441. The van der Waals surface area contributed by atoms with E-state index in [1.54, 1.807) is 6.20 Å². The van der Waals surface area contributed by atoms with Gasteiger partial charge in [0.15, 0.2) is 5.82 Å². The summed E-state index contributed by atoms with van der Waals surface area (Å²) < 4.78 is 1.88. The molecule has 0 spiro atoms. The maximum atomic E-state index is 5.77. The van der Waals surface area contributed by atoms with Crippen molar-refractivity contribution in [3.63, 3.8) is 0 Å². The second-order valence-corrected chi connectivity index (χ2v) is 3.62. The molecule has 0 radical (unpaired) electrons. The molecule has 0 fully saturated rings. The molecule has 0 amide bonds. The third-order valence-electron chi connectivity index (χ3n) is 2.22. The summed E-state index contributed by atoms with van der Waals surface area (Å²) in [6.45, 7) is 6.07. The van der Waals surface area contributed by atoms with E-state index in [-0.39, 0.29) is 6.04 Å². The number of hydrogen-bond acceptors (Lipinski definition) is 4. The van der Waals surface area contributed by atoms with Gasteiger partial charge in [0.2, 0.25) is 0 Å². The fourth-order valence-corrected chi connectivity index (χ4v) is 1.54. The summed E-state index contributed by atoms with van der Waals surface area (Å²) in [6.07, 6.45) is 1.70. The van der Waals surface area contributed by atoms with E-state index in [1.807, 2.05) is 11.6 Å². The van der Waals surface area contributed by atoms with Crippen molar-refractivity contribution in [2.24, 2.45) is 0 Å². The zero-order valence-corrected chi connectivity index (χ0v) is 8.52. The Morgan fingerprint density at radius 3 is 2.79 bits per heavy atom. The van der Waals surface area contributed by atoms with E-state index < -0.39 is 0 Å². The van der Waals surface area contributed by atoms with Gasteiger partial charge in [0.1, 0.15) is 5.52 Å². The van der Waals surface area contributed by atoms with E-state index in [0.717, 1.165) is 16.6 Å². The first-order chi connectivity index (χ1) is 6.61. The van der Waals surface area contributed by atoms with Crippen molar-refractivity contribution < 1.29 is 0 Å². The normalized spacial score (nSPS) is 11.4. The fourth-order valence-electron chi connectivity index (χ4n) is 1.54. The average molecular weight is 191 g/mol. The van der Waals surface area contributed by atoms with Crippen molar-refractivity contribution in [1.29, 1.82) is 0 Å². The van der Waals surface area contributed by atoms with Crippen molar-refractivity contribution in [3.8, 4) is 0 Å². The Morgan fingerprint density at radius 1 is 1.43 bits per heavy atom. The average Bonchev–Trinajstić information content (AvgIpc) is 2.46. The molecule has 74 valence electrons. The molecule has 2 aromatic rings. The molecule has 2 heterocycles. The maximum absolute atomic E-state index is 5.77. The highest BCUT2D eigenvalue weighted by molar-refractivity contribution is 5.88. The summed E-state index contributed by atoms with van der Waals surface area (Å²) >= 11 is 0. The molecule has 0 aliphatic rings. The lowest BCUT2D eigenvalue weighted by molar-refractivity contribution is 0.547. The van der Waals surface area contributed by atoms with E-state index in [4.69, 9.17) is 5.73 Å². The number of nitrogens with zero attached hydrogens (tertiary/aromatic N) is 4. The lowest BCUT2D eigenvalue weighted by atomic mass is 10.3. The lowest BCUT2D eigenvalue weighted by Crippen LogP contribution is -2.05. The van der Waals surface area contributed by atoms with Gasteiger partial charge in [0.25, 0.3) is 0 Å². The number of hydrogen-bond donors (Lipinski definition) is 1. The largest absolute Gasteiger partial charge is 0.380 e. The highest BCUT2D eigenvalue weighted by Gasteiger charge is 2.13. The predicted molar refractivity (Wildman–Crippen MR) is 54.9 cm³/mol. The zero-order chi connectivity index (χ0) is 10.3. The lowest BCUT2D eigenvalue weighted by Gasteiger charge is -2.07. The van der Waals surface area contributed by atoms with Gasteiger partial charge < -0.3 is 5.73 Å². The van der Waals surface area contributed by atoms with Crippen LogP contribution in [0.3, 0.4) is 0 Å². The fraction of sp³-hybridized carbons (Fsp3) is 0.444. The highest BCUT2D eigenvalue weighted by Crippen LogP contribution is 2.23. The van der Waals surface area contributed by atoms with Crippen LogP contribution in [0.25, 0.3) is 10.9 Å². The van der Waals surface area contributed by atoms with Crippen LogP contribution in [0.5, 0.6) is 0 Å². The SMILES string of the molecule is Cc1nn(C(C)C)c2c(N)nncc12. The topological polar surface area (TPSA) is 69.6 Å². The Labute approximate surface area is 81.9 Å². The van der Waals surface area contributed by atoms with Crippen LogP contribution in [0.1, 0.15) is 25.6 Å².